The molecule has 12 rings (SSSR count). The number of nitrogens with zero attached hydrogens (tertiary/aromatic N) is 3. The monoisotopic (exact) mass is 1500 g/mol. The summed E-state index contributed by atoms with van der Waals surface area (Å²) in [4.78, 5) is 0. The van der Waals surface area contributed by atoms with Gasteiger partial charge < -0.3 is 41.8 Å². The number of hydrogen-bond donors (Lipinski definition) is 0. The minimum Gasteiger partial charge on any atom is -0.405 e. The first kappa shape index (κ1) is 81.7. The van der Waals surface area contributed by atoms with Crippen molar-refractivity contribution in [2.75, 3.05) is 21.7 Å². The molecule has 3 aliphatic heterocycles. The van der Waals surface area contributed by atoms with Crippen molar-refractivity contribution in [3.8, 4) is 0 Å². The molecule has 6 heterocycles. The van der Waals surface area contributed by atoms with Gasteiger partial charge in [0.05, 0.1) is 45.5 Å². The van der Waals surface area contributed by atoms with E-state index in [2.05, 4.69) is 279 Å². The Hall–Kier alpha value is -3.29. The predicted octanol–water partition coefficient (Wildman–Crippen LogP) is 22.7. The Bertz CT molecular complexity index is 2880. The van der Waals surface area contributed by atoms with Crippen LogP contribution in [0, 0.1) is 0 Å². The molecule has 87 heavy (non-hydrogen) atoms. The molecule has 0 spiro atoms. The minimum atomic E-state index is -1.00. The highest BCUT2D eigenvalue weighted by molar-refractivity contribution is 14.1. The van der Waals surface area contributed by atoms with E-state index in [0.717, 1.165) is 8.67 Å². The second-order valence-electron chi connectivity index (χ2n) is 22.2. The Morgan fingerprint density at radius 2 is 0.563 bits per heavy atom. The number of para-hydroxylation sites is 6. The summed E-state index contributed by atoms with van der Waals surface area (Å²) in [6.07, 6.45) is -0.0648. The third-order valence-electron chi connectivity index (χ3n) is 15.6. The molecule has 16 heteroatoms. The van der Waals surface area contributed by atoms with Gasteiger partial charge in [0.1, 0.15) is 0 Å². The molecule has 3 saturated heterocycles. The van der Waals surface area contributed by atoms with Gasteiger partial charge in [0.15, 0.2) is 6.29 Å². The lowest BCUT2D eigenvalue weighted by atomic mass is 9.49. The Morgan fingerprint density at radius 3 is 0.690 bits per heavy atom. The van der Waals surface area contributed by atoms with Gasteiger partial charge in [-0.25, -0.2) is 0 Å². The zero-order chi connectivity index (χ0) is 66.7. The molecule has 0 aliphatic carbocycles. The smallest absolute Gasteiger partial charge is 0.405 e. The number of rotatable bonds is 1. The molecule has 9 aromatic rings. The van der Waals surface area contributed by atoms with E-state index in [1.54, 1.807) is 0 Å². The van der Waals surface area contributed by atoms with Gasteiger partial charge in [-0.3, -0.25) is 4.39 Å². The Labute approximate surface area is 567 Å². The van der Waals surface area contributed by atoms with Crippen molar-refractivity contribution < 1.29 is 33.9 Å². The van der Waals surface area contributed by atoms with E-state index in [9.17, 15) is 4.39 Å². The summed E-state index contributed by atoms with van der Waals surface area (Å²) in [6, 6.07) is 51.1. The first-order valence-electron chi connectivity index (χ1n) is 30.6. The SMILES string of the molecule is BrCI.C.CBr.CC.CC.CC.CC1(C)OB(B2OC(C)(C)C(C)(C)O2)OC1(C)C.CC1OC(C)(C)C(C)(C)O1.CCBr.Cn1c2ccccc2c2ccccc21.Cn1c2ccccc2c2ccccc21.Cn1c2ccccc2c2ccccc21.[2H]CF. The topological polar surface area (TPSA) is 70.2 Å². The zero-order valence-electron chi connectivity index (χ0n) is 57.4. The molecule has 6 aromatic carbocycles. The summed E-state index contributed by atoms with van der Waals surface area (Å²) in [5, 5.41) is 9.09. The van der Waals surface area contributed by atoms with Crippen LogP contribution >= 0.6 is 70.4 Å². The fourth-order valence-electron chi connectivity index (χ4n) is 9.49. The maximum absolute atomic E-state index is 9.96. The summed E-state index contributed by atoms with van der Waals surface area (Å²) >= 11 is 11.4. The molecule has 9 nitrogen and oxygen atoms in total. The minimum absolute atomic E-state index is 0. The molecule has 0 unspecified atom stereocenters. The molecular formula is C71H108B2Br3FIN3O6. The lowest BCUT2D eigenvalue weighted by Crippen LogP contribution is -2.41. The van der Waals surface area contributed by atoms with Crippen molar-refractivity contribution in [3.05, 3.63) is 146 Å². The molecule has 3 aromatic heterocycles. The third-order valence-corrected chi connectivity index (χ3v) is 15.6. The predicted molar refractivity (Wildman–Crippen MR) is 403 cm³/mol. The number of halogens is 5. The second kappa shape index (κ2) is 39.2. The maximum atomic E-state index is 9.96. The Balaban J connectivity index is 0.00000101. The normalized spacial score (nSPS) is 16.5. The van der Waals surface area contributed by atoms with E-state index in [0.29, 0.717) is 0 Å². The van der Waals surface area contributed by atoms with Crippen molar-refractivity contribution in [1.29, 1.82) is 0 Å². The van der Waals surface area contributed by atoms with Crippen LogP contribution in [-0.2, 0) is 49.2 Å². The molecule has 0 radical (unpaired) electrons. The highest BCUT2D eigenvalue weighted by Gasteiger charge is 2.63. The third kappa shape index (κ3) is 21.1. The van der Waals surface area contributed by atoms with Crippen LogP contribution in [0.15, 0.2) is 146 Å². The van der Waals surface area contributed by atoms with Crippen molar-refractivity contribution in [2.24, 2.45) is 21.1 Å². The van der Waals surface area contributed by atoms with Crippen molar-refractivity contribution in [2.45, 2.75) is 186 Å². The van der Waals surface area contributed by atoms with Crippen LogP contribution in [-0.4, -0.2) is 89.3 Å². The number of alkyl halides is 5. The van der Waals surface area contributed by atoms with Crippen molar-refractivity contribution in [1.82, 2.24) is 13.7 Å². The van der Waals surface area contributed by atoms with Gasteiger partial charge in [-0.2, -0.15) is 0 Å². The fraction of sp³-hybridized carbons (Fsp3) is 0.493. The van der Waals surface area contributed by atoms with Crippen LogP contribution in [0.3, 0.4) is 0 Å². The lowest BCUT2D eigenvalue weighted by Gasteiger charge is -2.32. The first-order valence-corrected chi connectivity index (χ1v) is 35.2. The van der Waals surface area contributed by atoms with Crippen LogP contribution in [0.1, 0.15) is 147 Å². The molecule has 0 saturated carbocycles. The summed E-state index contributed by atoms with van der Waals surface area (Å²) in [7, 11) is 4.40. The zero-order valence-corrected chi connectivity index (χ0v) is 63.3. The molecule has 3 aliphatic rings. The van der Waals surface area contributed by atoms with Gasteiger partial charge in [-0.1, -0.05) is 235 Å². The number of fused-ring (bicyclic) bond motifs is 9. The average molecular weight is 1510 g/mol. The van der Waals surface area contributed by atoms with Crippen molar-refractivity contribution >= 4 is 150 Å². The van der Waals surface area contributed by atoms with Gasteiger partial charge in [0.25, 0.3) is 0 Å². The number of aromatic nitrogens is 3. The van der Waals surface area contributed by atoms with Gasteiger partial charge >= 0.3 is 14.0 Å². The molecular weight excluding hydrogens is 1400 g/mol. The van der Waals surface area contributed by atoms with E-state index in [1.165, 1.54) is 65.4 Å². The van der Waals surface area contributed by atoms with E-state index in [-0.39, 0.29) is 47.3 Å². The van der Waals surface area contributed by atoms with E-state index in [1.807, 2.05) is 117 Å². The van der Waals surface area contributed by atoms with Gasteiger partial charge in [0, 0.05) is 91.9 Å². The maximum Gasteiger partial charge on any atom is 0.488 e. The first-order chi connectivity index (χ1) is 41.1. The number of hydrogen-bond acceptors (Lipinski definition) is 6. The van der Waals surface area contributed by atoms with E-state index in [4.69, 9.17) is 29.5 Å². The fourth-order valence-corrected chi connectivity index (χ4v) is 9.49. The van der Waals surface area contributed by atoms with Gasteiger partial charge in [-0.05, 0) is 132 Å². The molecule has 0 atom stereocenters. The van der Waals surface area contributed by atoms with Crippen LogP contribution in [0.4, 0.5) is 4.39 Å². The molecule has 484 valence electrons. The average Bonchev–Trinajstić information content (AvgIpc) is 1.92. The van der Waals surface area contributed by atoms with Crippen LogP contribution in [0.2, 0.25) is 0 Å². The summed E-state index contributed by atoms with van der Waals surface area (Å²) in [6.45, 7) is 40.4. The van der Waals surface area contributed by atoms with Gasteiger partial charge in [-0.15, -0.1) is 0 Å². The number of benzene rings is 6. The largest absolute Gasteiger partial charge is 0.488 e. The van der Waals surface area contributed by atoms with Crippen LogP contribution in [0.5, 0.6) is 0 Å². The molecule has 0 N–H and O–H groups in total. The Kier molecular flexibility index (Phi) is 36.8. The van der Waals surface area contributed by atoms with Gasteiger partial charge in [0.2, 0.25) is 0 Å². The summed E-state index contributed by atoms with van der Waals surface area (Å²) in [5.41, 5.74) is 6.04. The number of ether oxygens (including phenoxy) is 2. The summed E-state index contributed by atoms with van der Waals surface area (Å²) < 4.78 is 58.2. The standard InChI is InChI=1S/3C13H11N.C12H24B2O4.C8H16O2.C2H5Br.3C2H6.CH2BrI.CH3Br.CH3F.CH4/c3*1-14-12-8-4-2-6-10(12)11-7-3-5-9-13(11)14;1-9(2)10(3,4)16-13(15-9)14-17-11(5,6)12(7,8)18-14;1-6-9-7(2,3)8(4,5)10-6;1-2-3;3*1-2;2-1-3;2*1-2;/h3*2-9H,1H3;1-8H3;6H,1-5H3;2H2,1H3;3*1-2H3;1H2;2*1H3;1H4/i;;;;;;;;;;;1D;. The highest BCUT2D eigenvalue weighted by Crippen LogP contribution is 2.43. The van der Waals surface area contributed by atoms with E-state index >= 15 is 0 Å². The van der Waals surface area contributed by atoms with Crippen molar-refractivity contribution in [3.63, 3.8) is 0 Å². The van der Waals surface area contributed by atoms with Crippen LogP contribution in [0.25, 0.3) is 65.4 Å². The second-order valence-corrected chi connectivity index (χ2v) is 26.8. The summed E-state index contributed by atoms with van der Waals surface area (Å²) in [5.74, 6) is 1.81. The molecule has 0 amide bonds. The Morgan fingerprint density at radius 1 is 0.425 bits per heavy atom. The lowest BCUT2D eigenvalue weighted by molar-refractivity contribution is -0.0718. The van der Waals surface area contributed by atoms with Crippen LogP contribution < -0.4 is 0 Å². The molecule has 0 bridgehead atoms. The highest BCUT2D eigenvalue weighted by atomic mass is 127. The number of aryl methyl sites for hydroxylation is 3. The van der Waals surface area contributed by atoms with E-state index < -0.39 is 21.2 Å². The molecule has 3 fully saturated rings. The quantitative estimate of drug-likeness (QED) is 0.0927.